The van der Waals surface area contributed by atoms with Crippen LogP contribution >= 0.6 is 11.6 Å². The summed E-state index contributed by atoms with van der Waals surface area (Å²) in [5, 5.41) is 11.0. The molecule has 1 fully saturated rings. The Morgan fingerprint density at radius 3 is 2.67 bits per heavy atom. The van der Waals surface area contributed by atoms with Crippen molar-refractivity contribution >= 4 is 40.2 Å². The van der Waals surface area contributed by atoms with Crippen molar-refractivity contribution < 1.29 is 9.18 Å². The number of anilines is 2. The summed E-state index contributed by atoms with van der Waals surface area (Å²) in [7, 11) is 2.07. The number of hydrogen-bond donors (Lipinski definition) is 2. The molecule has 9 nitrogen and oxygen atoms in total. The van der Waals surface area contributed by atoms with E-state index in [2.05, 4.69) is 42.5 Å². The van der Waals surface area contributed by atoms with Crippen molar-refractivity contribution in [1.82, 2.24) is 29.5 Å². The molecule has 0 saturated carbocycles. The van der Waals surface area contributed by atoms with Crippen LogP contribution < -0.4 is 10.6 Å². The van der Waals surface area contributed by atoms with Gasteiger partial charge in [-0.05, 0) is 63.2 Å². The van der Waals surface area contributed by atoms with Gasteiger partial charge in [0.15, 0.2) is 0 Å². The first-order valence-corrected chi connectivity index (χ1v) is 13.9. The van der Waals surface area contributed by atoms with E-state index in [9.17, 15) is 4.79 Å². The predicted octanol–water partition coefficient (Wildman–Crippen LogP) is 5.12. The number of piperazine rings is 1. The summed E-state index contributed by atoms with van der Waals surface area (Å²) in [6.45, 7) is 10.8. The highest BCUT2D eigenvalue weighted by Crippen LogP contribution is 2.27. The molecule has 2 N–H and O–H groups in total. The third-order valence-corrected chi connectivity index (χ3v) is 7.69. The highest BCUT2D eigenvalue weighted by molar-refractivity contribution is 6.31. The summed E-state index contributed by atoms with van der Waals surface area (Å²) in [6, 6.07) is 8.35. The zero-order valence-corrected chi connectivity index (χ0v) is 24.0. The molecule has 11 heteroatoms. The number of hydrogen-bond acceptors (Lipinski definition) is 7. The summed E-state index contributed by atoms with van der Waals surface area (Å²) in [4.78, 5) is 26.5. The minimum Gasteiger partial charge on any atom is -0.362 e. The normalized spacial score (nSPS) is 15.3. The van der Waals surface area contributed by atoms with Gasteiger partial charge in [-0.2, -0.15) is 5.10 Å². The second-order valence-corrected chi connectivity index (χ2v) is 10.7. The van der Waals surface area contributed by atoms with Crippen molar-refractivity contribution in [3.63, 3.8) is 0 Å². The predicted molar refractivity (Wildman–Crippen MR) is 156 cm³/mol. The number of nitrogens with one attached hydrogen (secondary N) is 2. The third kappa shape index (κ3) is 6.24. The van der Waals surface area contributed by atoms with Gasteiger partial charge in [0, 0.05) is 61.1 Å². The molecule has 0 bridgehead atoms. The number of fused-ring (bicyclic) bond motifs is 1. The first-order valence-electron chi connectivity index (χ1n) is 13.5. The van der Waals surface area contributed by atoms with Crippen LogP contribution in [0.2, 0.25) is 5.02 Å². The van der Waals surface area contributed by atoms with Crippen LogP contribution in [0.4, 0.5) is 15.9 Å². The van der Waals surface area contributed by atoms with Crippen molar-refractivity contribution in [2.24, 2.45) is 0 Å². The summed E-state index contributed by atoms with van der Waals surface area (Å²) in [6.07, 6.45) is 3.55. The number of carbonyl (C=O) groups is 1. The van der Waals surface area contributed by atoms with Gasteiger partial charge in [-0.1, -0.05) is 17.7 Å². The van der Waals surface area contributed by atoms with Gasteiger partial charge in [-0.15, -0.1) is 0 Å². The molecule has 0 aliphatic carbocycles. The maximum atomic E-state index is 15.1. The average Bonchev–Trinajstić information content (AvgIpc) is 3.35. The second kappa shape index (κ2) is 11.9. The maximum Gasteiger partial charge on any atom is 0.255 e. The molecule has 210 valence electrons. The van der Waals surface area contributed by atoms with Crippen LogP contribution in [0, 0.1) is 12.7 Å². The lowest BCUT2D eigenvalue weighted by Crippen LogP contribution is -2.44. The van der Waals surface area contributed by atoms with Crippen molar-refractivity contribution in [2.45, 2.75) is 39.9 Å². The van der Waals surface area contributed by atoms with Crippen molar-refractivity contribution in [1.29, 1.82) is 0 Å². The number of halogens is 2. The van der Waals surface area contributed by atoms with Crippen LogP contribution in [-0.4, -0.2) is 68.7 Å². The number of rotatable bonds is 8. The highest BCUT2D eigenvalue weighted by Gasteiger charge is 2.20. The second-order valence-electron chi connectivity index (χ2n) is 10.3. The average molecular weight is 565 g/mol. The van der Waals surface area contributed by atoms with E-state index in [1.165, 1.54) is 6.07 Å². The van der Waals surface area contributed by atoms with Crippen LogP contribution in [-0.2, 0) is 13.1 Å². The monoisotopic (exact) mass is 564 g/mol. The number of likely N-dealkylation sites (N-methyl/N-ethyl adjacent to an activating group) is 1. The Morgan fingerprint density at radius 2 is 1.95 bits per heavy atom. The Hall–Kier alpha value is -3.60. The Kier molecular flexibility index (Phi) is 8.30. The van der Waals surface area contributed by atoms with Gasteiger partial charge in [0.05, 0.1) is 18.4 Å². The van der Waals surface area contributed by atoms with E-state index < -0.39 is 11.7 Å². The van der Waals surface area contributed by atoms with Gasteiger partial charge in [0.1, 0.15) is 17.2 Å². The summed E-state index contributed by atoms with van der Waals surface area (Å²) in [5.41, 5.74) is 4.54. The van der Waals surface area contributed by atoms with E-state index in [1.807, 2.05) is 45.2 Å². The quantitative estimate of drug-likeness (QED) is 0.307. The Labute approximate surface area is 238 Å². The lowest BCUT2D eigenvalue weighted by atomic mass is 10.0. The van der Waals surface area contributed by atoms with Gasteiger partial charge < -0.3 is 15.5 Å². The van der Waals surface area contributed by atoms with E-state index in [1.54, 1.807) is 16.9 Å². The molecule has 1 saturated heterocycles. The van der Waals surface area contributed by atoms with Crippen molar-refractivity contribution in [2.75, 3.05) is 43.9 Å². The Balaban J connectivity index is 1.28. The number of nitrogens with zero attached hydrogens (tertiary/aromatic N) is 6. The molecule has 1 aliphatic rings. The SMILES string of the molecule is CCn1cc2ncc(N[C@@H](C)c3cc(NC(=O)c4cc(F)c(CN5CCN(C)CC5)c(Cl)c4)ccc3C)nc2n1. The topological polar surface area (TPSA) is 91.2 Å². The minimum atomic E-state index is -0.471. The smallest absolute Gasteiger partial charge is 0.255 e. The molecule has 1 amide bonds. The van der Waals surface area contributed by atoms with Crippen molar-refractivity contribution in [3.8, 4) is 0 Å². The third-order valence-electron chi connectivity index (χ3n) is 7.35. The van der Waals surface area contributed by atoms with Crippen LogP contribution in [0.25, 0.3) is 11.2 Å². The molecule has 0 unspecified atom stereocenters. The first-order chi connectivity index (χ1) is 19.2. The lowest BCUT2D eigenvalue weighted by molar-refractivity contribution is 0.102. The van der Waals surface area contributed by atoms with Gasteiger partial charge in [-0.25, -0.2) is 14.4 Å². The number of aryl methyl sites for hydroxylation is 2. The molecular formula is C29H34ClFN8O. The van der Waals surface area contributed by atoms with Crippen LogP contribution in [0.1, 0.15) is 46.9 Å². The van der Waals surface area contributed by atoms with E-state index in [-0.39, 0.29) is 16.6 Å². The van der Waals surface area contributed by atoms with E-state index >= 15 is 4.39 Å². The van der Waals surface area contributed by atoms with Crippen LogP contribution in [0.3, 0.4) is 0 Å². The molecule has 1 aliphatic heterocycles. The first kappa shape index (κ1) is 27.9. The van der Waals surface area contributed by atoms with Crippen LogP contribution in [0.5, 0.6) is 0 Å². The van der Waals surface area contributed by atoms with Crippen LogP contribution in [0.15, 0.2) is 42.7 Å². The van der Waals surface area contributed by atoms with Crippen molar-refractivity contribution in [3.05, 3.63) is 75.8 Å². The van der Waals surface area contributed by atoms with Gasteiger partial charge in [0.25, 0.3) is 5.91 Å². The molecular weight excluding hydrogens is 531 g/mol. The van der Waals surface area contributed by atoms with E-state index in [4.69, 9.17) is 11.6 Å². The van der Waals surface area contributed by atoms with Gasteiger partial charge in [-0.3, -0.25) is 14.4 Å². The largest absolute Gasteiger partial charge is 0.362 e. The maximum absolute atomic E-state index is 15.1. The molecule has 3 heterocycles. The number of carbonyl (C=O) groups excluding carboxylic acids is 1. The molecule has 2 aromatic heterocycles. The summed E-state index contributed by atoms with van der Waals surface area (Å²) in [5.74, 6) is -0.289. The standard InChI is InChI=1S/C29H34ClFN8O/c1-5-39-17-26-28(36-39)35-27(15-32-26)33-19(3)22-14-21(7-6-18(22)2)34-29(40)20-12-24(30)23(25(31)13-20)16-38-10-8-37(4)9-11-38/h6-7,12-15,17,19H,5,8-11,16H2,1-4H3,(H,34,40)(H,33,35,36)/t19-/m0/s1. The van der Waals surface area contributed by atoms with Gasteiger partial charge in [0.2, 0.25) is 5.65 Å². The molecule has 0 radical (unpaired) electrons. The van der Waals surface area contributed by atoms with E-state index in [0.29, 0.717) is 29.3 Å². The fraction of sp³-hybridized carbons (Fsp3) is 0.379. The Bertz CT molecular complexity index is 1510. The number of aromatic nitrogens is 4. The lowest BCUT2D eigenvalue weighted by Gasteiger charge is -2.32. The zero-order chi connectivity index (χ0) is 28.4. The summed E-state index contributed by atoms with van der Waals surface area (Å²) >= 11 is 6.46. The molecule has 4 aromatic rings. The molecule has 0 spiro atoms. The molecule has 40 heavy (non-hydrogen) atoms. The molecule has 2 aromatic carbocycles. The Morgan fingerprint density at radius 1 is 1.18 bits per heavy atom. The zero-order valence-electron chi connectivity index (χ0n) is 23.2. The number of benzene rings is 2. The fourth-order valence-electron chi connectivity index (χ4n) is 4.88. The molecule has 5 rings (SSSR count). The molecule has 1 atom stereocenters. The number of amides is 1. The minimum absolute atomic E-state index is 0.127. The highest BCUT2D eigenvalue weighted by atomic mass is 35.5. The summed E-state index contributed by atoms with van der Waals surface area (Å²) < 4.78 is 16.9. The fourth-order valence-corrected chi connectivity index (χ4v) is 5.15. The van der Waals surface area contributed by atoms with Gasteiger partial charge >= 0.3 is 0 Å². The van der Waals surface area contributed by atoms with E-state index in [0.717, 1.165) is 49.4 Å².